The van der Waals surface area contributed by atoms with Crippen LogP contribution in [-0.4, -0.2) is 57.4 Å². The van der Waals surface area contributed by atoms with Crippen molar-refractivity contribution >= 4 is 23.7 Å². The largest absolute Gasteiger partial charge is 0.481 e. The number of carboxylic acids is 1. The zero-order valence-electron chi connectivity index (χ0n) is 12.5. The van der Waals surface area contributed by atoms with Crippen molar-refractivity contribution in [2.75, 3.05) is 30.3 Å². The van der Waals surface area contributed by atoms with Crippen molar-refractivity contribution < 1.29 is 14.6 Å². The molecule has 1 unspecified atom stereocenters. The van der Waals surface area contributed by atoms with E-state index in [1.54, 1.807) is 0 Å². The summed E-state index contributed by atoms with van der Waals surface area (Å²) < 4.78 is 7.65. The minimum atomic E-state index is -0.848. The number of hydrogen-bond donors (Lipinski definition) is 1. The SMILES string of the molecule is CCN(CC1CCCO1)c1nnc(SCC(=O)O)n1CC. The molecule has 1 aromatic rings. The number of carboxylic acid groups (broad SMARTS) is 1. The van der Waals surface area contributed by atoms with Crippen LogP contribution in [0, 0.1) is 0 Å². The Morgan fingerprint density at radius 2 is 2.33 bits per heavy atom. The summed E-state index contributed by atoms with van der Waals surface area (Å²) >= 11 is 1.20. The first-order chi connectivity index (χ1) is 10.2. The molecule has 1 aliphatic heterocycles. The summed E-state index contributed by atoms with van der Waals surface area (Å²) in [5.74, 6) is -0.0574. The van der Waals surface area contributed by atoms with Gasteiger partial charge in [-0.1, -0.05) is 11.8 Å². The molecule has 21 heavy (non-hydrogen) atoms. The van der Waals surface area contributed by atoms with E-state index >= 15 is 0 Å². The van der Waals surface area contributed by atoms with Gasteiger partial charge in [0.25, 0.3) is 0 Å². The fraction of sp³-hybridized carbons (Fsp3) is 0.769. The third-order valence-corrected chi connectivity index (χ3v) is 4.40. The molecule has 0 spiro atoms. The van der Waals surface area contributed by atoms with Crippen molar-refractivity contribution in [3.8, 4) is 0 Å². The molecule has 8 heteroatoms. The van der Waals surface area contributed by atoms with Gasteiger partial charge in [-0.25, -0.2) is 0 Å². The van der Waals surface area contributed by atoms with Crippen molar-refractivity contribution in [1.29, 1.82) is 0 Å². The van der Waals surface area contributed by atoms with Crippen LogP contribution in [0.25, 0.3) is 0 Å². The number of thioether (sulfide) groups is 1. The average Bonchev–Trinajstić information content (AvgIpc) is 3.11. The number of anilines is 1. The molecule has 1 aliphatic rings. The Kier molecular flexibility index (Phi) is 5.86. The van der Waals surface area contributed by atoms with Gasteiger partial charge in [0.1, 0.15) is 0 Å². The second-order valence-electron chi connectivity index (χ2n) is 4.88. The van der Waals surface area contributed by atoms with Gasteiger partial charge in [-0.05, 0) is 26.7 Å². The van der Waals surface area contributed by atoms with E-state index in [0.29, 0.717) is 11.7 Å². The summed E-state index contributed by atoms with van der Waals surface area (Å²) in [6.45, 7) is 7.26. The Bertz CT molecular complexity index is 474. The number of aliphatic carboxylic acids is 1. The fourth-order valence-electron chi connectivity index (χ4n) is 2.41. The number of aromatic nitrogens is 3. The third-order valence-electron chi connectivity index (χ3n) is 3.45. The Balaban J connectivity index is 2.10. The van der Waals surface area contributed by atoms with Crippen LogP contribution in [0.3, 0.4) is 0 Å². The molecule has 118 valence electrons. The van der Waals surface area contributed by atoms with Crippen LogP contribution in [0.2, 0.25) is 0 Å². The lowest BCUT2D eigenvalue weighted by Gasteiger charge is -2.25. The van der Waals surface area contributed by atoms with Gasteiger partial charge in [0.15, 0.2) is 5.16 Å². The zero-order chi connectivity index (χ0) is 15.2. The van der Waals surface area contributed by atoms with E-state index in [2.05, 4.69) is 22.0 Å². The van der Waals surface area contributed by atoms with E-state index in [9.17, 15) is 4.79 Å². The second-order valence-corrected chi connectivity index (χ2v) is 5.83. The predicted molar refractivity (Wildman–Crippen MR) is 80.9 cm³/mol. The molecule has 0 radical (unpaired) electrons. The van der Waals surface area contributed by atoms with Crippen LogP contribution < -0.4 is 4.90 Å². The smallest absolute Gasteiger partial charge is 0.313 e. The zero-order valence-corrected chi connectivity index (χ0v) is 13.3. The monoisotopic (exact) mass is 314 g/mol. The summed E-state index contributed by atoms with van der Waals surface area (Å²) in [6, 6.07) is 0. The summed E-state index contributed by atoms with van der Waals surface area (Å²) in [5.41, 5.74) is 0. The van der Waals surface area contributed by atoms with Crippen LogP contribution in [0.4, 0.5) is 5.95 Å². The minimum absolute atomic E-state index is 0.00397. The van der Waals surface area contributed by atoms with Gasteiger partial charge in [0.2, 0.25) is 5.95 Å². The van der Waals surface area contributed by atoms with Gasteiger partial charge in [0.05, 0.1) is 11.9 Å². The highest BCUT2D eigenvalue weighted by Gasteiger charge is 2.23. The van der Waals surface area contributed by atoms with Gasteiger partial charge >= 0.3 is 5.97 Å². The Morgan fingerprint density at radius 1 is 1.52 bits per heavy atom. The van der Waals surface area contributed by atoms with Crippen LogP contribution >= 0.6 is 11.8 Å². The lowest BCUT2D eigenvalue weighted by atomic mass is 10.2. The van der Waals surface area contributed by atoms with Gasteiger partial charge in [-0.2, -0.15) is 0 Å². The summed E-state index contributed by atoms with van der Waals surface area (Å²) in [4.78, 5) is 12.8. The molecule has 2 rings (SSSR count). The molecule has 0 aliphatic carbocycles. The molecule has 0 aromatic carbocycles. The third kappa shape index (κ3) is 4.10. The molecule has 1 saturated heterocycles. The number of hydrogen-bond acceptors (Lipinski definition) is 6. The molecule has 0 saturated carbocycles. The maximum atomic E-state index is 10.7. The molecule has 1 atom stereocenters. The Labute approximate surface area is 128 Å². The minimum Gasteiger partial charge on any atom is -0.481 e. The normalized spacial score (nSPS) is 18.1. The van der Waals surface area contributed by atoms with Crippen molar-refractivity contribution in [2.24, 2.45) is 0 Å². The maximum Gasteiger partial charge on any atom is 0.313 e. The number of ether oxygens (including phenoxy) is 1. The van der Waals surface area contributed by atoms with E-state index < -0.39 is 5.97 Å². The van der Waals surface area contributed by atoms with Gasteiger partial charge < -0.3 is 14.7 Å². The van der Waals surface area contributed by atoms with Crippen molar-refractivity contribution in [3.05, 3.63) is 0 Å². The van der Waals surface area contributed by atoms with E-state index in [0.717, 1.165) is 38.5 Å². The Hall–Kier alpha value is -1.28. The Morgan fingerprint density at radius 3 is 2.90 bits per heavy atom. The summed E-state index contributed by atoms with van der Waals surface area (Å²) in [7, 11) is 0. The van der Waals surface area contributed by atoms with Crippen molar-refractivity contribution in [3.63, 3.8) is 0 Å². The van der Waals surface area contributed by atoms with Gasteiger partial charge in [-0.15, -0.1) is 10.2 Å². The lowest BCUT2D eigenvalue weighted by Crippen LogP contribution is -2.34. The standard InChI is InChI=1S/C13H22N4O3S/c1-3-16(8-10-6-5-7-20-10)12-14-15-13(17(12)4-2)21-9-11(18)19/h10H,3-9H2,1-2H3,(H,18,19). The highest BCUT2D eigenvalue weighted by Crippen LogP contribution is 2.23. The van der Waals surface area contributed by atoms with E-state index in [-0.39, 0.29) is 11.9 Å². The molecular formula is C13H22N4O3S. The van der Waals surface area contributed by atoms with Crippen LogP contribution in [0.15, 0.2) is 5.16 Å². The van der Waals surface area contributed by atoms with E-state index in [1.807, 2.05) is 11.5 Å². The first kappa shape index (κ1) is 16.1. The maximum absolute atomic E-state index is 10.7. The molecule has 0 amide bonds. The molecule has 1 fully saturated rings. The van der Waals surface area contributed by atoms with E-state index in [1.165, 1.54) is 11.8 Å². The van der Waals surface area contributed by atoms with Gasteiger partial charge in [0, 0.05) is 26.2 Å². The molecular weight excluding hydrogens is 292 g/mol. The second kappa shape index (κ2) is 7.65. The van der Waals surface area contributed by atoms with Gasteiger partial charge in [-0.3, -0.25) is 9.36 Å². The molecule has 2 heterocycles. The number of likely N-dealkylation sites (N-methyl/N-ethyl adjacent to an activating group) is 1. The molecule has 1 N–H and O–H groups in total. The fourth-order valence-corrected chi connectivity index (χ4v) is 3.13. The topological polar surface area (TPSA) is 80.5 Å². The average molecular weight is 314 g/mol. The summed E-state index contributed by atoms with van der Waals surface area (Å²) in [6.07, 6.45) is 2.45. The quantitative estimate of drug-likeness (QED) is 0.728. The molecule has 7 nitrogen and oxygen atoms in total. The number of nitrogens with zero attached hydrogens (tertiary/aromatic N) is 4. The van der Waals surface area contributed by atoms with Crippen LogP contribution in [0.1, 0.15) is 26.7 Å². The first-order valence-electron chi connectivity index (χ1n) is 7.30. The highest BCUT2D eigenvalue weighted by molar-refractivity contribution is 7.99. The van der Waals surface area contributed by atoms with Crippen LogP contribution in [0.5, 0.6) is 0 Å². The van der Waals surface area contributed by atoms with Crippen molar-refractivity contribution in [2.45, 2.75) is 44.5 Å². The molecule has 1 aromatic heterocycles. The van der Waals surface area contributed by atoms with Crippen molar-refractivity contribution in [1.82, 2.24) is 14.8 Å². The van der Waals surface area contributed by atoms with E-state index in [4.69, 9.17) is 9.84 Å². The predicted octanol–water partition coefficient (Wildman–Crippen LogP) is 1.48. The summed E-state index contributed by atoms with van der Waals surface area (Å²) in [5, 5.41) is 17.8. The number of carbonyl (C=O) groups is 1. The lowest BCUT2D eigenvalue weighted by molar-refractivity contribution is -0.133. The molecule has 0 bridgehead atoms. The highest BCUT2D eigenvalue weighted by atomic mass is 32.2. The number of rotatable bonds is 8. The first-order valence-corrected chi connectivity index (χ1v) is 8.28. The van der Waals surface area contributed by atoms with Crippen LogP contribution in [-0.2, 0) is 16.1 Å².